The van der Waals surface area contributed by atoms with E-state index >= 15 is 0 Å². The fraction of sp³-hybridized carbons (Fsp3) is 0.0417. The standard InChI is InChI=1S/C24H18N4OS/c29-23-19(16-25-15-17-9-3-1-4-10-17)22(18-11-5-2-6-12-18)27-28(23)24-26-20-13-7-8-14-21(20)30-24/h1-14,16,27H,15H2. The molecule has 0 saturated carbocycles. The predicted molar refractivity (Wildman–Crippen MR) is 123 cm³/mol. The molecular formula is C24H18N4OS. The summed E-state index contributed by atoms with van der Waals surface area (Å²) in [5, 5.41) is 3.87. The number of para-hydroxylation sites is 1. The summed E-state index contributed by atoms with van der Waals surface area (Å²) in [6.45, 7) is 0.515. The molecular weight excluding hydrogens is 392 g/mol. The van der Waals surface area contributed by atoms with E-state index in [1.165, 1.54) is 16.0 Å². The fourth-order valence-corrected chi connectivity index (χ4v) is 4.24. The van der Waals surface area contributed by atoms with E-state index in [1.807, 2.05) is 84.9 Å². The lowest BCUT2D eigenvalue weighted by Crippen LogP contribution is -2.17. The summed E-state index contributed by atoms with van der Waals surface area (Å²) in [5.41, 5.74) is 3.99. The number of nitrogens with one attached hydrogen (secondary N) is 1. The van der Waals surface area contributed by atoms with Crippen LogP contribution in [-0.4, -0.2) is 21.0 Å². The second kappa shape index (κ2) is 7.93. The van der Waals surface area contributed by atoms with Crippen LogP contribution in [0.2, 0.25) is 0 Å². The van der Waals surface area contributed by atoms with Gasteiger partial charge in [-0.3, -0.25) is 14.9 Å². The Morgan fingerprint density at radius 2 is 1.63 bits per heavy atom. The van der Waals surface area contributed by atoms with E-state index in [4.69, 9.17) is 0 Å². The molecule has 0 aliphatic rings. The Balaban J connectivity index is 1.60. The van der Waals surface area contributed by atoms with Gasteiger partial charge in [-0.1, -0.05) is 84.1 Å². The van der Waals surface area contributed by atoms with Crippen LogP contribution in [-0.2, 0) is 6.54 Å². The van der Waals surface area contributed by atoms with Gasteiger partial charge in [-0.25, -0.2) is 4.98 Å². The van der Waals surface area contributed by atoms with Crippen LogP contribution in [0.4, 0.5) is 0 Å². The van der Waals surface area contributed by atoms with Crippen LogP contribution in [0.5, 0.6) is 0 Å². The van der Waals surface area contributed by atoms with Crippen molar-refractivity contribution in [1.82, 2.24) is 14.8 Å². The molecule has 2 aromatic heterocycles. The summed E-state index contributed by atoms with van der Waals surface area (Å²) < 4.78 is 2.55. The Bertz CT molecular complexity index is 1350. The summed E-state index contributed by atoms with van der Waals surface area (Å²) in [5.74, 6) is 0. The van der Waals surface area contributed by atoms with E-state index in [1.54, 1.807) is 6.21 Å². The number of thiazole rings is 1. The highest BCUT2D eigenvalue weighted by molar-refractivity contribution is 7.20. The van der Waals surface area contributed by atoms with E-state index in [-0.39, 0.29) is 5.56 Å². The maximum Gasteiger partial charge on any atom is 0.282 e. The summed E-state index contributed by atoms with van der Waals surface area (Å²) in [4.78, 5) is 22.4. The largest absolute Gasteiger partial charge is 0.288 e. The molecule has 0 amide bonds. The van der Waals surface area contributed by atoms with Crippen LogP contribution in [0.25, 0.3) is 26.6 Å². The van der Waals surface area contributed by atoms with Crippen molar-refractivity contribution in [3.63, 3.8) is 0 Å². The quantitative estimate of drug-likeness (QED) is 0.412. The van der Waals surface area contributed by atoms with E-state index in [2.05, 4.69) is 15.1 Å². The van der Waals surface area contributed by atoms with Gasteiger partial charge in [-0.15, -0.1) is 0 Å². The normalized spacial score (nSPS) is 11.5. The van der Waals surface area contributed by atoms with Gasteiger partial charge in [0, 0.05) is 11.8 Å². The molecule has 0 bridgehead atoms. The predicted octanol–water partition coefficient (Wildman–Crippen LogP) is 5.06. The molecule has 6 heteroatoms. The number of H-pyrrole nitrogens is 1. The Labute approximate surface area is 177 Å². The summed E-state index contributed by atoms with van der Waals surface area (Å²) in [6.07, 6.45) is 1.66. The first kappa shape index (κ1) is 18.3. The highest BCUT2D eigenvalue weighted by Gasteiger charge is 2.17. The van der Waals surface area contributed by atoms with Gasteiger partial charge >= 0.3 is 0 Å². The third kappa shape index (κ3) is 3.49. The number of hydrogen-bond donors (Lipinski definition) is 1. The van der Waals surface area contributed by atoms with Crippen LogP contribution >= 0.6 is 11.3 Å². The van der Waals surface area contributed by atoms with Crippen molar-refractivity contribution in [2.24, 2.45) is 4.99 Å². The van der Waals surface area contributed by atoms with E-state index in [0.717, 1.165) is 27.0 Å². The van der Waals surface area contributed by atoms with E-state index in [9.17, 15) is 4.79 Å². The molecule has 146 valence electrons. The van der Waals surface area contributed by atoms with Gasteiger partial charge in [-0.2, -0.15) is 4.68 Å². The number of aliphatic imine (C=N–C) groups is 1. The van der Waals surface area contributed by atoms with E-state index in [0.29, 0.717) is 17.2 Å². The highest BCUT2D eigenvalue weighted by atomic mass is 32.1. The first-order valence-corrected chi connectivity index (χ1v) is 10.4. The van der Waals surface area contributed by atoms with Crippen LogP contribution in [0, 0.1) is 0 Å². The maximum atomic E-state index is 13.3. The molecule has 5 aromatic rings. The van der Waals surface area contributed by atoms with Gasteiger partial charge in [-0.05, 0) is 17.7 Å². The molecule has 0 aliphatic heterocycles. The zero-order valence-corrected chi connectivity index (χ0v) is 16.8. The van der Waals surface area contributed by atoms with Crippen molar-refractivity contribution in [2.75, 3.05) is 0 Å². The van der Waals surface area contributed by atoms with Gasteiger partial charge in [0.15, 0.2) is 0 Å². The van der Waals surface area contributed by atoms with Crippen molar-refractivity contribution in [1.29, 1.82) is 0 Å². The lowest BCUT2D eigenvalue weighted by atomic mass is 10.1. The number of rotatable bonds is 5. The smallest absolute Gasteiger partial charge is 0.282 e. The number of nitrogens with zero attached hydrogens (tertiary/aromatic N) is 3. The maximum absolute atomic E-state index is 13.3. The molecule has 0 atom stereocenters. The van der Waals surface area contributed by atoms with Crippen molar-refractivity contribution in [2.45, 2.75) is 6.54 Å². The topological polar surface area (TPSA) is 63.0 Å². The van der Waals surface area contributed by atoms with Gasteiger partial charge in [0.1, 0.15) is 0 Å². The molecule has 0 spiro atoms. The molecule has 0 saturated heterocycles. The minimum atomic E-state index is -0.162. The van der Waals surface area contributed by atoms with Gasteiger partial charge in [0.2, 0.25) is 5.13 Å². The van der Waals surface area contributed by atoms with E-state index < -0.39 is 0 Å². The molecule has 0 fully saturated rings. The Kier molecular flexibility index (Phi) is 4.83. The Hall–Kier alpha value is -3.77. The third-order valence-corrected chi connectivity index (χ3v) is 5.82. The molecule has 5 nitrogen and oxygen atoms in total. The van der Waals surface area contributed by atoms with Gasteiger partial charge in [0.25, 0.3) is 5.56 Å². The average Bonchev–Trinajstić information content (AvgIpc) is 3.36. The zero-order valence-electron chi connectivity index (χ0n) is 16.0. The van der Waals surface area contributed by atoms with Crippen molar-refractivity contribution in [3.05, 3.63) is 106 Å². The Morgan fingerprint density at radius 1 is 0.933 bits per heavy atom. The molecule has 5 rings (SSSR count). The average molecular weight is 411 g/mol. The number of hydrogen-bond acceptors (Lipinski definition) is 4. The lowest BCUT2D eigenvalue weighted by Gasteiger charge is -1.99. The van der Waals surface area contributed by atoms with Crippen LogP contribution in [0.3, 0.4) is 0 Å². The van der Waals surface area contributed by atoms with Gasteiger partial charge < -0.3 is 0 Å². The molecule has 2 heterocycles. The fourth-order valence-electron chi connectivity index (χ4n) is 3.31. The number of aromatic amines is 1. The van der Waals surface area contributed by atoms with Crippen molar-refractivity contribution >= 4 is 27.8 Å². The minimum absolute atomic E-state index is 0.162. The highest BCUT2D eigenvalue weighted by Crippen LogP contribution is 2.25. The summed E-state index contributed by atoms with van der Waals surface area (Å²) in [6, 6.07) is 27.7. The Morgan fingerprint density at radius 3 is 2.40 bits per heavy atom. The second-order valence-electron chi connectivity index (χ2n) is 6.83. The molecule has 1 N–H and O–H groups in total. The van der Waals surface area contributed by atoms with Crippen LogP contribution < -0.4 is 5.56 Å². The van der Waals surface area contributed by atoms with Crippen LogP contribution in [0.1, 0.15) is 11.1 Å². The molecule has 0 radical (unpaired) electrons. The SMILES string of the molecule is O=c1c(C=NCc2ccccc2)c(-c2ccccc2)[nH]n1-c1nc2ccccc2s1. The number of aromatic nitrogens is 3. The summed E-state index contributed by atoms with van der Waals surface area (Å²) >= 11 is 1.48. The summed E-state index contributed by atoms with van der Waals surface area (Å²) in [7, 11) is 0. The molecule has 0 unspecified atom stereocenters. The van der Waals surface area contributed by atoms with Crippen molar-refractivity contribution in [3.8, 4) is 16.4 Å². The second-order valence-corrected chi connectivity index (χ2v) is 7.84. The first-order chi connectivity index (χ1) is 14.8. The molecule has 30 heavy (non-hydrogen) atoms. The van der Waals surface area contributed by atoms with Gasteiger partial charge in [0.05, 0.1) is 28.0 Å². The number of benzene rings is 3. The van der Waals surface area contributed by atoms with Crippen molar-refractivity contribution < 1.29 is 0 Å². The molecule has 3 aromatic carbocycles. The zero-order chi connectivity index (χ0) is 20.3. The molecule has 0 aliphatic carbocycles. The third-order valence-electron chi connectivity index (χ3n) is 4.80. The lowest BCUT2D eigenvalue weighted by molar-refractivity contribution is 0.845. The minimum Gasteiger partial charge on any atom is -0.288 e. The first-order valence-electron chi connectivity index (χ1n) is 9.60. The monoisotopic (exact) mass is 410 g/mol. The number of fused-ring (bicyclic) bond motifs is 1. The van der Waals surface area contributed by atoms with Crippen LogP contribution in [0.15, 0.2) is 94.7 Å².